The first-order valence-corrected chi connectivity index (χ1v) is 9.87. The van der Waals surface area contributed by atoms with Crippen molar-refractivity contribution >= 4 is 40.7 Å². The highest BCUT2D eigenvalue weighted by molar-refractivity contribution is 7.80. The van der Waals surface area contributed by atoms with Gasteiger partial charge in [-0.2, -0.15) is 0 Å². The van der Waals surface area contributed by atoms with E-state index in [0.717, 1.165) is 36.5 Å². The van der Waals surface area contributed by atoms with E-state index in [2.05, 4.69) is 15.0 Å². The molecule has 0 unspecified atom stereocenters. The minimum absolute atomic E-state index is 0.144. The number of rotatable bonds is 4. The molecule has 1 amide bonds. The van der Waals surface area contributed by atoms with Crippen molar-refractivity contribution in [2.45, 2.75) is 6.36 Å². The van der Waals surface area contributed by atoms with Gasteiger partial charge in [0.05, 0.1) is 18.9 Å². The van der Waals surface area contributed by atoms with Crippen LogP contribution < -0.4 is 19.9 Å². The van der Waals surface area contributed by atoms with Crippen LogP contribution in [0.5, 0.6) is 5.75 Å². The van der Waals surface area contributed by atoms with Gasteiger partial charge in [-0.05, 0) is 60.3 Å². The van der Waals surface area contributed by atoms with Crippen molar-refractivity contribution in [1.82, 2.24) is 5.32 Å². The number of hydrogen-bond acceptors (Lipinski definition) is 5. The van der Waals surface area contributed by atoms with E-state index in [1.54, 1.807) is 6.08 Å². The lowest BCUT2D eigenvalue weighted by molar-refractivity contribution is -0.274. The van der Waals surface area contributed by atoms with Crippen LogP contribution in [0.2, 0.25) is 0 Å². The number of amides is 1. The Hall–Kier alpha value is -3.11. The maximum atomic E-state index is 12.8. The third-order valence-electron chi connectivity index (χ3n) is 4.79. The molecule has 0 spiro atoms. The highest BCUT2D eigenvalue weighted by Crippen LogP contribution is 2.28. The molecule has 10 heteroatoms. The van der Waals surface area contributed by atoms with Gasteiger partial charge in [-0.1, -0.05) is 12.1 Å². The van der Waals surface area contributed by atoms with Crippen molar-refractivity contribution in [1.29, 1.82) is 0 Å². The highest BCUT2D eigenvalue weighted by atomic mass is 32.1. The number of nitrogens with zero attached hydrogens (tertiary/aromatic N) is 2. The molecule has 2 heterocycles. The summed E-state index contributed by atoms with van der Waals surface area (Å²) in [6.45, 7) is 3.05. The molecule has 0 atom stereocenters. The van der Waals surface area contributed by atoms with Crippen LogP contribution in [-0.2, 0) is 9.53 Å². The van der Waals surface area contributed by atoms with Crippen molar-refractivity contribution < 1.29 is 27.4 Å². The topological polar surface area (TPSA) is 54.0 Å². The largest absolute Gasteiger partial charge is 0.573 e. The molecule has 2 aromatic rings. The minimum atomic E-state index is -4.78. The third kappa shape index (κ3) is 4.97. The summed E-state index contributed by atoms with van der Waals surface area (Å²) in [5.74, 6) is -0.773. The zero-order chi connectivity index (χ0) is 22.0. The van der Waals surface area contributed by atoms with E-state index in [0.29, 0.717) is 18.9 Å². The lowest BCUT2D eigenvalue weighted by Gasteiger charge is -2.28. The zero-order valence-corrected chi connectivity index (χ0v) is 17.0. The number of anilines is 2. The number of thiocarbonyl (C=S) groups is 1. The number of halogens is 3. The van der Waals surface area contributed by atoms with Gasteiger partial charge in [0, 0.05) is 18.8 Å². The Morgan fingerprint density at radius 2 is 1.61 bits per heavy atom. The van der Waals surface area contributed by atoms with E-state index in [1.807, 2.05) is 24.3 Å². The molecule has 2 aromatic carbocycles. The molecule has 0 aliphatic carbocycles. The van der Waals surface area contributed by atoms with E-state index < -0.39 is 12.3 Å². The van der Waals surface area contributed by atoms with E-state index in [-0.39, 0.29) is 16.6 Å². The maximum Gasteiger partial charge on any atom is 0.573 e. The van der Waals surface area contributed by atoms with Crippen LogP contribution in [0.25, 0.3) is 6.08 Å². The molecule has 2 saturated heterocycles. The average Bonchev–Trinajstić information content (AvgIpc) is 3.02. The maximum absolute atomic E-state index is 12.8. The Morgan fingerprint density at radius 3 is 2.23 bits per heavy atom. The predicted molar refractivity (Wildman–Crippen MR) is 114 cm³/mol. The Labute approximate surface area is 181 Å². The molecule has 2 aliphatic rings. The smallest absolute Gasteiger partial charge is 0.406 e. The number of carbonyl (C=O) groups is 1. The standard InChI is InChI=1S/C21H18F3N3O3S/c22-21(23,24)30-17-7-5-16(6-8-17)27-19(28)18(25-20(27)31)13-14-1-3-15(4-2-14)26-9-11-29-12-10-26/h1-8,13H,9-12H2,(H,25,31)/b18-13+. The second-order valence-electron chi connectivity index (χ2n) is 6.86. The van der Waals surface area contributed by atoms with Gasteiger partial charge in [0.15, 0.2) is 5.11 Å². The Kier molecular flexibility index (Phi) is 5.84. The quantitative estimate of drug-likeness (QED) is 0.568. The summed E-state index contributed by atoms with van der Waals surface area (Å²) < 4.78 is 46.2. The number of hydrogen-bond donors (Lipinski definition) is 1. The van der Waals surface area contributed by atoms with Gasteiger partial charge in [0.2, 0.25) is 0 Å². The van der Waals surface area contributed by atoms with Crippen LogP contribution in [0.3, 0.4) is 0 Å². The number of nitrogens with one attached hydrogen (secondary N) is 1. The zero-order valence-electron chi connectivity index (χ0n) is 16.2. The van der Waals surface area contributed by atoms with E-state index in [1.165, 1.54) is 17.0 Å². The Balaban J connectivity index is 1.48. The highest BCUT2D eigenvalue weighted by Gasteiger charge is 2.33. The molecule has 0 radical (unpaired) electrons. The first-order chi connectivity index (χ1) is 14.8. The van der Waals surface area contributed by atoms with Crippen LogP contribution in [0.4, 0.5) is 24.5 Å². The third-order valence-corrected chi connectivity index (χ3v) is 5.07. The Morgan fingerprint density at radius 1 is 1.00 bits per heavy atom. The van der Waals surface area contributed by atoms with E-state index in [4.69, 9.17) is 17.0 Å². The van der Waals surface area contributed by atoms with Gasteiger partial charge in [-0.25, -0.2) is 0 Å². The molecular weight excluding hydrogens is 431 g/mol. The fourth-order valence-corrected chi connectivity index (χ4v) is 3.63. The van der Waals surface area contributed by atoms with Crippen LogP contribution in [0.1, 0.15) is 5.56 Å². The van der Waals surface area contributed by atoms with Gasteiger partial charge in [-0.3, -0.25) is 9.69 Å². The molecule has 2 fully saturated rings. The van der Waals surface area contributed by atoms with Crippen molar-refractivity contribution in [3.8, 4) is 5.75 Å². The fraction of sp³-hybridized carbons (Fsp3) is 0.238. The summed E-state index contributed by atoms with van der Waals surface area (Å²) in [6.07, 6.45) is -3.10. The molecule has 162 valence electrons. The second kappa shape index (κ2) is 8.56. The SMILES string of the molecule is O=C1/C(=C\c2ccc(N3CCOCC3)cc2)NC(=S)N1c1ccc(OC(F)(F)F)cc1. The van der Waals surface area contributed by atoms with Crippen molar-refractivity contribution in [2.75, 3.05) is 36.1 Å². The van der Waals surface area contributed by atoms with E-state index >= 15 is 0 Å². The molecule has 1 N–H and O–H groups in total. The summed E-state index contributed by atoms with van der Waals surface area (Å²) >= 11 is 5.24. The van der Waals surface area contributed by atoms with E-state index in [9.17, 15) is 18.0 Å². The minimum Gasteiger partial charge on any atom is -0.406 e. The first kappa shape index (κ1) is 21.1. The molecule has 2 aliphatic heterocycles. The van der Waals surface area contributed by atoms with Crippen LogP contribution in [0.15, 0.2) is 54.2 Å². The predicted octanol–water partition coefficient (Wildman–Crippen LogP) is 3.68. The van der Waals surface area contributed by atoms with Gasteiger partial charge in [0.25, 0.3) is 5.91 Å². The van der Waals surface area contributed by atoms with Gasteiger partial charge in [-0.15, -0.1) is 13.2 Å². The van der Waals surface area contributed by atoms with Crippen LogP contribution in [-0.4, -0.2) is 43.7 Å². The monoisotopic (exact) mass is 449 g/mol. The number of ether oxygens (including phenoxy) is 2. The molecular formula is C21H18F3N3O3S. The number of alkyl halides is 3. The van der Waals surface area contributed by atoms with Crippen molar-refractivity contribution in [3.63, 3.8) is 0 Å². The number of carbonyl (C=O) groups excluding carboxylic acids is 1. The lowest BCUT2D eigenvalue weighted by atomic mass is 10.1. The molecule has 31 heavy (non-hydrogen) atoms. The molecule has 4 rings (SSSR count). The fourth-order valence-electron chi connectivity index (χ4n) is 3.34. The van der Waals surface area contributed by atoms with Crippen LogP contribution in [0, 0.1) is 0 Å². The van der Waals surface area contributed by atoms with Gasteiger partial charge >= 0.3 is 6.36 Å². The molecule has 0 aromatic heterocycles. The second-order valence-corrected chi connectivity index (χ2v) is 7.25. The summed E-state index contributed by atoms with van der Waals surface area (Å²) in [7, 11) is 0. The average molecular weight is 449 g/mol. The number of morpholine rings is 1. The summed E-state index contributed by atoms with van der Waals surface area (Å²) in [4.78, 5) is 16.3. The van der Waals surface area contributed by atoms with Gasteiger partial charge < -0.3 is 19.7 Å². The lowest BCUT2D eigenvalue weighted by Crippen LogP contribution is -2.36. The molecule has 0 bridgehead atoms. The number of benzene rings is 2. The first-order valence-electron chi connectivity index (χ1n) is 9.46. The summed E-state index contributed by atoms with van der Waals surface area (Å²) in [5.41, 5.74) is 2.50. The summed E-state index contributed by atoms with van der Waals surface area (Å²) in [5, 5.41) is 3.01. The van der Waals surface area contributed by atoms with Crippen LogP contribution >= 0.6 is 12.2 Å². The normalized spacial score (nSPS) is 18.5. The summed E-state index contributed by atoms with van der Waals surface area (Å²) in [6, 6.07) is 12.7. The van der Waals surface area contributed by atoms with Crippen molar-refractivity contribution in [2.24, 2.45) is 0 Å². The Bertz CT molecular complexity index is 1000. The molecule has 6 nitrogen and oxygen atoms in total. The van der Waals surface area contributed by atoms with Gasteiger partial charge in [0.1, 0.15) is 11.4 Å². The molecule has 0 saturated carbocycles. The van der Waals surface area contributed by atoms with Crippen molar-refractivity contribution in [3.05, 3.63) is 59.8 Å².